The van der Waals surface area contributed by atoms with Crippen molar-refractivity contribution in [1.82, 2.24) is 9.55 Å². The molecule has 0 aliphatic rings. The largest absolute Gasteiger partial charge is 0.363 e. The Balaban J connectivity index is 2.90. The summed E-state index contributed by atoms with van der Waals surface area (Å²) in [7, 11) is 0. The van der Waals surface area contributed by atoms with Crippen LogP contribution in [-0.2, 0) is 6.54 Å². The summed E-state index contributed by atoms with van der Waals surface area (Å²) in [6.07, 6.45) is 5.37. The lowest BCUT2D eigenvalue weighted by atomic mass is 10.2. The lowest BCUT2D eigenvalue weighted by molar-refractivity contribution is 0.657. The second kappa shape index (κ2) is 5.53. The maximum atomic E-state index is 11.8. The smallest absolute Gasteiger partial charge is 0.293 e. The van der Waals surface area contributed by atoms with Crippen molar-refractivity contribution in [2.24, 2.45) is 0 Å². The van der Waals surface area contributed by atoms with E-state index >= 15 is 0 Å². The van der Waals surface area contributed by atoms with E-state index in [1.54, 1.807) is 17.0 Å². The van der Waals surface area contributed by atoms with Gasteiger partial charge in [0.25, 0.3) is 5.56 Å². The first-order chi connectivity index (χ1) is 7.22. The molecular weight excluding hydrogens is 190 g/mol. The normalized spacial score (nSPS) is 10.7. The van der Waals surface area contributed by atoms with Gasteiger partial charge in [-0.1, -0.05) is 13.8 Å². The van der Waals surface area contributed by atoms with Crippen LogP contribution in [0.5, 0.6) is 0 Å². The van der Waals surface area contributed by atoms with Gasteiger partial charge in [0, 0.05) is 25.0 Å². The van der Waals surface area contributed by atoms with Gasteiger partial charge in [0.2, 0.25) is 0 Å². The highest BCUT2D eigenvalue weighted by Crippen LogP contribution is 2.03. The molecule has 0 bridgehead atoms. The summed E-state index contributed by atoms with van der Waals surface area (Å²) in [6.45, 7) is 6.83. The molecule has 0 saturated heterocycles. The summed E-state index contributed by atoms with van der Waals surface area (Å²) < 4.78 is 1.65. The molecule has 1 aromatic rings. The van der Waals surface area contributed by atoms with Crippen molar-refractivity contribution in [1.29, 1.82) is 0 Å². The predicted octanol–water partition coefficient (Wildman–Crippen LogP) is 1.86. The Morgan fingerprint density at radius 1 is 1.40 bits per heavy atom. The van der Waals surface area contributed by atoms with E-state index in [9.17, 15) is 4.79 Å². The molecule has 4 nitrogen and oxygen atoms in total. The van der Waals surface area contributed by atoms with E-state index < -0.39 is 0 Å². The van der Waals surface area contributed by atoms with Crippen LogP contribution in [0.25, 0.3) is 0 Å². The zero-order valence-electron chi connectivity index (χ0n) is 9.66. The number of hydrogen-bond acceptors (Lipinski definition) is 3. The van der Waals surface area contributed by atoms with Crippen LogP contribution < -0.4 is 10.9 Å². The molecule has 0 saturated carbocycles. The number of aromatic nitrogens is 2. The number of rotatable bonds is 5. The molecular formula is C11H19N3O. The maximum Gasteiger partial charge on any atom is 0.293 e. The first-order valence-corrected chi connectivity index (χ1v) is 5.54. The van der Waals surface area contributed by atoms with Gasteiger partial charge in [-0.05, 0) is 19.8 Å². The lowest BCUT2D eigenvalue weighted by Crippen LogP contribution is -2.28. The van der Waals surface area contributed by atoms with Crippen LogP contribution in [0.1, 0.15) is 33.6 Å². The Kier molecular flexibility index (Phi) is 4.34. The van der Waals surface area contributed by atoms with Crippen molar-refractivity contribution in [3.8, 4) is 0 Å². The summed E-state index contributed by atoms with van der Waals surface area (Å²) in [4.78, 5) is 15.9. The van der Waals surface area contributed by atoms with E-state index in [4.69, 9.17) is 0 Å². The summed E-state index contributed by atoms with van der Waals surface area (Å²) in [5, 5.41) is 3.18. The summed E-state index contributed by atoms with van der Waals surface area (Å²) in [5.41, 5.74) is -0.0353. The molecule has 1 rings (SSSR count). The van der Waals surface area contributed by atoms with Gasteiger partial charge in [0.05, 0.1) is 0 Å². The summed E-state index contributed by atoms with van der Waals surface area (Å²) in [6, 6.07) is 0.331. The quantitative estimate of drug-likeness (QED) is 0.805. The maximum absolute atomic E-state index is 11.8. The Morgan fingerprint density at radius 3 is 2.60 bits per heavy atom. The van der Waals surface area contributed by atoms with Gasteiger partial charge in [0.15, 0.2) is 5.82 Å². The van der Waals surface area contributed by atoms with E-state index in [-0.39, 0.29) is 5.56 Å². The number of nitrogens with one attached hydrogen (secondary N) is 1. The topological polar surface area (TPSA) is 46.9 Å². The minimum Gasteiger partial charge on any atom is -0.363 e. The Labute approximate surface area is 90.3 Å². The van der Waals surface area contributed by atoms with Crippen LogP contribution in [0.3, 0.4) is 0 Å². The molecule has 0 spiro atoms. The van der Waals surface area contributed by atoms with Gasteiger partial charge in [-0.25, -0.2) is 4.98 Å². The molecule has 0 unspecified atom stereocenters. The minimum atomic E-state index is -0.0353. The molecule has 0 aliphatic carbocycles. The Bertz CT molecular complexity index is 355. The van der Waals surface area contributed by atoms with Gasteiger partial charge in [-0.3, -0.25) is 4.79 Å². The number of aryl methyl sites for hydroxylation is 1. The van der Waals surface area contributed by atoms with Crippen LogP contribution in [0.15, 0.2) is 17.2 Å². The average Bonchev–Trinajstić information content (AvgIpc) is 2.28. The molecule has 4 heteroatoms. The van der Waals surface area contributed by atoms with Crippen LogP contribution in [0.2, 0.25) is 0 Å². The molecule has 84 valence electrons. The fraction of sp³-hybridized carbons (Fsp3) is 0.636. The minimum absolute atomic E-state index is 0.0353. The van der Waals surface area contributed by atoms with Crippen molar-refractivity contribution < 1.29 is 0 Å². The third kappa shape index (κ3) is 2.81. The monoisotopic (exact) mass is 209 g/mol. The molecule has 0 radical (unpaired) electrons. The standard InChI is InChI=1S/C11H19N3O/c1-4-9(5-2)13-10-11(15)14(6-3)8-7-12-10/h7-9H,4-6H2,1-3H3,(H,12,13). The Hall–Kier alpha value is -1.32. The van der Waals surface area contributed by atoms with E-state index in [2.05, 4.69) is 24.1 Å². The van der Waals surface area contributed by atoms with Crippen molar-refractivity contribution in [2.75, 3.05) is 5.32 Å². The molecule has 1 N–H and O–H groups in total. The SMILES string of the molecule is CCC(CC)Nc1nccn(CC)c1=O. The van der Waals surface area contributed by atoms with Gasteiger partial charge in [-0.2, -0.15) is 0 Å². The van der Waals surface area contributed by atoms with Gasteiger partial charge in [-0.15, -0.1) is 0 Å². The first kappa shape index (κ1) is 11.8. The van der Waals surface area contributed by atoms with Crippen molar-refractivity contribution >= 4 is 5.82 Å². The molecule has 0 atom stereocenters. The predicted molar refractivity (Wildman–Crippen MR) is 62.2 cm³/mol. The van der Waals surface area contributed by atoms with Gasteiger partial charge < -0.3 is 9.88 Å². The second-order valence-corrected chi connectivity index (χ2v) is 3.52. The fourth-order valence-corrected chi connectivity index (χ4v) is 1.48. The third-order valence-corrected chi connectivity index (χ3v) is 2.58. The van der Waals surface area contributed by atoms with Crippen LogP contribution in [0, 0.1) is 0 Å². The molecule has 0 aromatic carbocycles. The van der Waals surface area contributed by atoms with E-state index in [1.807, 2.05) is 6.92 Å². The van der Waals surface area contributed by atoms with E-state index in [0.717, 1.165) is 12.8 Å². The second-order valence-electron chi connectivity index (χ2n) is 3.52. The lowest BCUT2D eigenvalue weighted by Gasteiger charge is -2.15. The molecule has 15 heavy (non-hydrogen) atoms. The number of nitrogens with zero attached hydrogens (tertiary/aromatic N) is 2. The average molecular weight is 209 g/mol. The van der Waals surface area contributed by atoms with E-state index in [1.165, 1.54) is 0 Å². The fourth-order valence-electron chi connectivity index (χ4n) is 1.48. The van der Waals surface area contributed by atoms with Gasteiger partial charge in [0.1, 0.15) is 0 Å². The number of anilines is 1. The summed E-state index contributed by atoms with van der Waals surface area (Å²) in [5.74, 6) is 0.466. The van der Waals surface area contributed by atoms with Crippen molar-refractivity contribution in [2.45, 2.75) is 46.2 Å². The summed E-state index contributed by atoms with van der Waals surface area (Å²) >= 11 is 0. The Morgan fingerprint density at radius 2 is 2.07 bits per heavy atom. The third-order valence-electron chi connectivity index (χ3n) is 2.58. The van der Waals surface area contributed by atoms with Crippen molar-refractivity contribution in [3.05, 3.63) is 22.7 Å². The molecule has 0 aliphatic heterocycles. The zero-order chi connectivity index (χ0) is 11.3. The van der Waals surface area contributed by atoms with Crippen LogP contribution >= 0.6 is 0 Å². The highest BCUT2D eigenvalue weighted by atomic mass is 16.1. The van der Waals surface area contributed by atoms with Crippen molar-refractivity contribution in [3.63, 3.8) is 0 Å². The molecule has 1 heterocycles. The van der Waals surface area contributed by atoms with Crippen LogP contribution in [0.4, 0.5) is 5.82 Å². The van der Waals surface area contributed by atoms with E-state index in [0.29, 0.717) is 18.4 Å². The zero-order valence-corrected chi connectivity index (χ0v) is 9.66. The highest BCUT2D eigenvalue weighted by molar-refractivity contribution is 5.32. The number of hydrogen-bond donors (Lipinski definition) is 1. The molecule has 0 amide bonds. The highest BCUT2D eigenvalue weighted by Gasteiger charge is 2.08. The first-order valence-electron chi connectivity index (χ1n) is 5.54. The van der Waals surface area contributed by atoms with Gasteiger partial charge >= 0.3 is 0 Å². The molecule has 0 fully saturated rings. The van der Waals surface area contributed by atoms with Crippen LogP contribution in [-0.4, -0.2) is 15.6 Å². The molecule has 1 aromatic heterocycles.